The van der Waals surface area contributed by atoms with Crippen LogP contribution in [0.1, 0.15) is 59.3 Å². The molecule has 2 aromatic heterocycles. The number of unbranched alkanes of at least 4 members (excludes halogenated alkanes) is 1. The van der Waals surface area contributed by atoms with Crippen LogP contribution in [0.4, 0.5) is 5.82 Å². The van der Waals surface area contributed by atoms with Gasteiger partial charge in [0.1, 0.15) is 11.6 Å². The monoisotopic (exact) mass is 661 g/mol. The summed E-state index contributed by atoms with van der Waals surface area (Å²) in [5.41, 5.74) is 5.33. The number of ether oxygens (including phenoxy) is 2. The normalized spacial score (nSPS) is 13.3. The molecule has 0 aliphatic carbocycles. The van der Waals surface area contributed by atoms with Gasteiger partial charge in [0.15, 0.2) is 0 Å². The van der Waals surface area contributed by atoms with Crippen LogP contribution in [0.3, 0.4) is 0 Å². The maximum absolute atomic E-state index is 14.0. The predicted molar refractivity (Wildman–Crippen MR) is 181 cm³/mol. The molecule has 1 saturated heterocycles. The molecule has 250 valence electrons. The lowest BCUT2D eigenvalue weighted by atomic mass is 9.97. The largest absolute Gasteiger partial charge is 0.380 e. The van der Waals surface area contributed by atoms with Crippen molar-refractivity contribution in [2.75, 3.05) is 37.9 Å². The zero-order chi connectivity index (χ0) is 33.5. The van der Waals surface area contributed by atoms with Gasteiger partial charge < -0.3 is 18.9 Å². The van der Waals surface area contributed by atoms with Gasteiger partial charge in [-0.2, -0.15) is 4.47 Å². The maximum Gasteiger partial charge on any atom is 0.257 e. The Labute approximate surface area is 279 Å². The van der Waals surface area contributed by atoms with Crippen molar-refractivity contribution >= 4 is 23.7 Å². The number of hydrogen-bond donors (Lipinski definition) is 1. The minimum absolute atomic E-state index is 0.0172. The first-order valence-electron chi connectivity index (χ1n) is 16.0. The third kappa shape index (κ3) is 7.95. The van der Waals surface area contributed by atoms with Crippen LogP contribution < -0.4 is 10.0 Å². The number of aromatic nitrogens is 3. The fraction of sp³-hybridized carbons (Fsp3) is 0.429. The Bertz CT molecular complexity index is 1760. The molecule has 2 aromatic carbocycles. The third-order valence-corrected chi connectivity index (χ3v) is 9.38. The Morgan fingerprint density at radius 2 is 1.87 bits per heavy atom. The number of anilines is 1. The summed E-state index contributed by atoms with van der Waals surface area (Å²) in [6.45, 7) is 10.3. The molecule has 0 saturated carbocycles. The zero-order valence-corrected chi connectivity index (χ0v) is 28.6. The van der Waals surface area contributed by atoms with Gasteiger partial charge in [-0.25, -0.2) is 4.98 Å². The molecule has 0 radical (unpaired) electrons. The van der Waals surface area contributed by atoms with E-state index in [2.05, 4.69) is 18.1 Å². The number of carbonyl (C=O) groups is 1. The molecule has 0 unspecified atom stereocenters. The van der Waals surface area contributed by atoms with Crippen molar-refractivity contribution in [3.8, 4) is 11.1 Å². The first-order chi connectivity index (χ1) is 22.7. The second-order valence-electron chi connectivity index (χ2n) is 11.7. The molecular weight excluding hydrogens is 618 g/mol. The molecule has 0 bridgehead atoms. The lowest BCUT2D eigenvalue weighted by Crippen LogP contribution is -2.42. The Hall–Kier alpha value is -3.97. The predicted octanol–water partition coefficient (Wildman–Crippen LogP) is 5.67. The van der Waals surface area contributed by atoms with Gasteiger partial charge in [-0.3, -0.25) is 19.4 Å². The molecule has 47 heavy (non-hydrogen) atoms. The van der Waals surface area contributed by atoms with Crippen LogP contribution in [0.2, 0.25) is 0 Å². The number of aryl methyl sites for hydroxylation is 3. The second-order valence-corrected chi connectivity index (χ2v) is 12.7. The summed E-state index contributed by atoms with van der Waals surface area (Å²) in [5, 5.41) is 14.9. The average Bonchev–Trinajstić information content (AvgIpc) is 3.42. The van der Waals surface area contributed by atoms with Gasteiger partial charge in [0.25, 0.3) is 5.56 Å². The van der Waals surface area contributed by atoms with Crippen molar-refractivity contribution in [2.45, 2.75) is 71.4 Å². The van der Waals surface area contributed by atoms with Crippen LogP contribution in [0.15, 0.2) is 56.7 Å². The summed E-state index contributed by atoms with van der Waals surface area (Å²) in [6, 6.07) is 13.9. The van der Waals surface area contributed by atoms with E-state index in [-0.39, 0.29) is 17.9 Å². The summed E-state index contributed by atoms with van der Waals surface area (Å²) < 4.78 is 19.0. The zero-order valence-electron chi connectivity index (χ0n) is 27.7. The lowest BCUT2D eigenvalue weighted by Gasteiger charge is -2.27. The number of carbonyl (C=O) groups excluding carboxylic acids is 1. The van der Waals surface area contributed by atoms with E-state index in [1.807, 2.05) is 50.2 Å². The van der Waals surface area contributed by atoms with Crippen LogP contribution >= 0.6 is 11.9 Å². The molecule has 1 N–H and O–H groups in total. The van der Waals surface area contributed by atoms with Crippen molar-refractivity contribution < 1.29 is 24.0 Å². The van der Waals surface area contributed by atoms with E-state index in [4.69, 9.17) is 19.0 Å². The highest BCUT2D eigenvalue weighted by atomic mass is 32.2. The van der Waals surface area contributed by atoms with Crippen LogP contribution in [-0.4, -0.2) is 64.1 Å². The molecule has 1 amide bonds. The molecular formula is C35H43N5O6S. The van der Waals surface area contributed by atoms with Gasteiger partial charge >= 0.3 is 0 Å². The molecule has 12 heteroatoms. The van der Waals surface area contributed by atoms with Gasteiger partial charge in [-0.05, 0) is 55.5 Å². The van der Waals surface area contributed by atoms with Gasteiger partial charge in [-0.15, -0.1) is 0 Å². The average molecular weight is 662 g/mol. The third-order valence-electron chi connectivity index (χ3n) is 8.48. The van der Waals surface area contributed by atoms with E-state index in [1.165, 1.54) is 0 Å². The highest BCUT2D eigenvalue weighted by molar-refractivity contribution is 8.00. The van der Waals surface area contributed by atoms with Crippen molar-refractivity contribution in [3.05, 3.63) is 92.4 Å². The van der Waals surface area contributed by atoms with Gasteiger partial charge in [-0.1, -0.05) is 54.9 Å². The Morgan fingerprint density at radius 3 is 2.57 bits per heavy atom. The highest BCUT2D eigenvalue weighted by Gasteiger charge is 2.23. The Kier molecular flexibility index (Phi) is 11.5. The summed E-state index contributed by atoms with van der Waals surface area (Å²) >= 11 is 1.14. The smallest absolute Gasteiger partial charge is 0.257 e. The van der Waals surface area contributed by atoms with Gasteiger partial charge in [0, 0.05) is 60.3 Å². The molecule has 1 fully saturated rings. The number of benzene rings is 2. The molecule has 0 spiro atoms. The molecule has 1 aliphatic heterocycles. The van der Waals surface area contributed by atoms with Crippen molar-refractivity contribution in [2.24, 2.45) is 0 Å². The lowest BCUT2D eigenvalue weighted by molar-refractivity contribution is -0.134. The number of morpholine rings is 1. The first-order valence-corrected chi connectivity index (χ1v) is 16.7. The van der Waals surface area contributed by atoms with Crippen molar-refractivity contribution in [3.63, 3.8) is 0 Å². The molecule has 4 aromatic rings. The fourth-order valence-corrected chi connectivity index (χ4v) is 6.54. The fourth-order valence-electron chi connectivity index (χ4n) is 5.68. The van der Waals surface area contributed by atoms with Gasteiger partial charge in [0.2, 0.25) is 11.7 Å². The second kappa shape index (κ2) is 15.7. The standard InChI is InChI=1S/C35H43N5O6S/c1-6-7-12-32-36-24(3)30(20-33(41)38-15-17-45-18-16-38)35(42)39(32)21-26-13-14-28(27(19-26)22-44-5)29-10-8-9-11-31(29)47-40(43)34-23(2)25(4)46-37-34/h8-11,13-14,19,43H,6-7,12,15-18,20-22H2,1-5H3. The minimum atomic E-state index is -0.175. The van der Waals surface area contributed by atoms with E-state index in [0.717, 1.165) is 67.8 Å². The van der Waals surface area contributed by atoms with Crippen LogP contribution in [-0.2, 0) is 40.3 Å². The number of rotatable bonds is 13. The molecule has 5 rings (SSSR count). The number of methoxy groups -OCH3 is 1. The van der Waals surface area contributed by atoms with E-state index < -0.39 is 0 Å². The maximum atomic E-state index is 14.0. The van der Waals surface area contributed by atoms with Crippen LogP contribution in [0.25, 0.3) is 11.1 Å². The van der Waals surface area contributed by atoms with E-state index in [1.54, 1.807) is 23.5 Å². The van der Waals surface area contributed by atoms with E-state index in [9.17, 15) is 14.8 Å². The summed E-state index contributed by atoms with van der Waals surface area (Å²) in [5.74, 6) is 1.62. The van der Waals surface area contributed by atoms with Crippen molar-refractivity contribution in [1.29, 1.82) is 0 Å². The van der Waals surface area contributed by atoms with Crippen LogP contribution in [0.5, 0.6) is 0 Å². The van der Waals surface area contributed by atoms with Gasteiger partial charge in [0.05, 0.1) is 32.8 Å². The highest BCUT2D eigenvalue weighted by Crippen LogP contribution is 2.37. The molecule has 1 aliphatic rings. The van der Waals surface area contributed by atoms with Crippen LogP contribution in [0, 0.1) is 20.8 Å². The molecule has 0 atom stereocenters. The summed E-state index contributed by atoms with van der Waals surface area (Å²) in [6.07, 6.45) is 2.55. The minimum Gasteiger partial charge on any atom is -0.380 e. The number of hydrogen-bond acceptors (Lipinski definition) is 10. The Balaban J connectivity index is 1.47. The topological polar surface area (TPSA) is 123 Å². The molecule has 3 heterocycles. The Morgan fingerprint density at radius 1 is 1.11 bits per heavy atom. The van der Waals surface area contributed by atoms with Crippen molar-refractivity contribution in [1.82, 2.24) is 19.6 Å². The SMILES string of the molecule is CCCCc1nc(C)c(CC(=O)N2CCOCC2)c(=O)n1Cc1ccc(-c2ccccc2SN(O)c2noc(C)c2C)c(COC)c1. The number of amides is 1. The number of nitrogens with zero attached hydrogens (tertiary/aromatic N) is 5. The quantitative estimate of drug-likeness (QED) is 0.142. The summed E-state index contributed by atoms with van der Waals surface area (Å²) in [4.78, 5) is 34.6. The van der Waals surface area contributed by atoms with E-state index >= 15 is 0 Å². The first kappa shape index (κ1) is 34.4. The summed E-state index contributed by atoms with van der Waals surface area (Å²) in [7, 11) is 1.65. The van der Waals surface area contributed by atoms with E-state index in [0.29, 0.717) is 68.7 Å². The molecule has 11 nitrogen and oxygen atoms in total.